The van der Waals surface area contributed by atoms with Crippen molar-refractivity contribution < 1.29 is 8.37 Å². The fourth-order valence-electron chi connectivity index (χ4n) is 3.07. The molecule has 0 spiro atoms. The van der Waals surface area contributed by atoms with E-state index in [2.05, 4.69) is 64.6 Å². The van der Waals surface area contributed by atoms with Gasteiger partial charge in [0.25, 0.3) is 0 Å². The lowest BCUT2D eigenvalue weighted by Crippen LogP contribution is -2.02. The van der Waals surface area contributed by atoms with Crippen molar-refractivity contribution in [1.29, 1.82) is 0 Å². The van der Waals surface area contributed by atoms with Crippen LogP contribution in [0.1, 0.15) is 60.6 Å². The van der Waals surface area contributed by atoms with E-state index in [1.807, 2.05) is 50.3 Å². The highest BCUT2D eigenvalue weighted by Gasteiger charge is 2.18. The van der Waals surface area contributed by atoms with E-state index in [0.29, 0.717) is 17.9 Å². The fraction of sp³-hybridized carbons (Fsp3) is 0.200. The van der Waals surface area contributed by atoms with Crippen molar-refractivity contribution in [3.63, 3.8) is 0 Å². The quantitative estimate of drug-likeness (QED) is 0.312. The summed E-state index contributed by atoms with van der Waals surface area (Å²) in [7, 11) is 0. The van der Waals surface area contributed by atoms with Gasteiger partial charge >= 0.3 is 0 Å². The lowest BCUT2D eigenvalue weighted by molar-refractivity contribution is 0.637. The van der Waals surface area contributed by atoms with Gasteiger partial charge < -0.3 is 8.37 Å². The Hall–Kier alpha value is -2.30. The van der Waals surface area contributed by atoms with E-state index in [1.165, 1.54) is 0 Å². The van der Waals surface area contributed by atoms with Crippen molar-refractivity contribution in [3.05, 3.63) is 83.5 Å². The highest BCUT2D eigenvalue weighted by Crippen LogP contribution is 2.36. The van der Waals surface area contributed by atoms with Crippen molar-refractivity contribution in [1.82, 2.24) is 0 Å². The van der Waals surface area contributed by atoms with Gasteiger partial charge in [-0.15, -0.1) is 0 Å². The Morgan fingerprint density at radius 1 is 0.793 bits per heavy atom. The first-order chi connectivity index (χ1) is 14.1. The molecule has 0 fully saturated rings. The highest BCUT2D eigenvalue weighted by atomic mass is 32.1. The molecular weight excluding hydrogens is 396 g/mol. The van der Waals surface area contributed by atoms with Gasteiger partial charge in [-0.25, -0.2) is 0 Å². The number of hydrogen-bond acceptors (Lipinski definition) is 4. The maximum Gasteiger partial charge on any atom is 0.141 e. The molecule has 0 amide bonds. The smallest absolute Gasteiger partial charge is 0.141 e. The fourth-order valence-corrected chi connectivity index (χ4v) is 3.41. The first-order valence-electron chi connectivity index (χ1n) is 9.63. The molecule has 0 saturated heterocycles. The third-order valence-electron chi connectivity index (χ3n) is 4.41. The number of hydrogen-bond donors (Lipinski definition) is 2. The lowest BCUT2D eigenvalue weighted by Gasteiger charge is -2.18. The van der Waals surface area contributed by atoms with Gasteiger partial charge in [-0.1, -0.05) is 83.0 Å². The van der Waals surface area contributed by atoms with E-state index in [1.54, 1.807) is 6.08 Å². The van der Waals surface area contributed by atoms with Gasteiger partial charge in [-0.05, 0) is 40.8 Å². The summed E-state index contributed by atoms with van der Waals surface area (Å²) in [5, 5.41) is 0. The molecule has 0 aliphatic rings. The van der Waals surface area contributed by atoms with Gasteiger partial charge in [0.1, 0.15) is 11.5 Å². The predicted molar refractivity (Wildman–Crippen MR) is 136 cm³/mol. The molecule has 0 aromatic heterocycles. The minimum absolute atomic E-state index is 0.555. The molecule has 154 valence electrons. The Morgan fingerprint density at radius 2 is 1.28 bits per heavy atom. The topological polar surface area (TPSA) is 18.5 Å². The Labute approximate surface area is 186 Å². The maximum absolute atomic E-state index is 5.36. The van der Waals surface area contributed by atoms with Gasteiger partial charge in [0.05, 0.1) is 0 Å². The molecule has 2 nitrogen and oxygen atoms in total. The molecule has 2 aromatic carbocycles. The van der Waals surface area contributed by atoms with Crippen LogP contribution < -0.4 is 8.37 Å². The monoisotopic (exact) mass is 426 g/mol. The zero-order valence-corrected chi connectivity index (χ0v) is 19.2. The largest absolute Gasteiger partial charge is 0.429 e. The third-order valence-corrected chi connectivity index (χ3v) is 4.80. The van der Waals surface area contributed by atoms with Gasteiger partial charge in [-0.2, -0.15) is 0 Å². The van der Waals surface area contributed by atoms with Crippen LogP contribution >= 0.6 is 25.8 Å². The molecule has 0 aliphatic heterocycles. The number of allylic oxidation sites excluding steroid dienone is 1. The van der Waals surface area contributed by atoms with Crippen LogP contribution in [0.3, 0.4) is 0 Å². The van der Waals surface area contributed by atoms with Crippen molar-refractivity contribution in [2.45, 2.75) is 33.6 Å². The van der Waals surface area contributed by atoms with Crippen LogP contribution in [0.15, 0.2) is 50.1 Å². The molecule has 2 aromatic rings. The predicted octanol–water partition coefficient (Wildman–Crippen LogP) is 8.10. The van der Waals surface area contributed by atoms with Crippen molar-refractivity contribution in [2.24, 2.45) is 0 Å². The summed E-state index contributed by atoms with van der Waals surface area (Å²) in [5.74, 6) is 1.35. The van der Waals surface area contributed by atoms with Gasteiger partial charge in [-0.3, -0.25) is 0 Å². The standard InChI is InChI=1S/C23H24O2S2.C2H6/c1-5-9-10-19-17(7-3)12-14-23(25-27)21(19)15-20-18(8-4)16(6-2)11-13-22(20)24-26;1-2/h6-14,26-27H,2-5,15H2,1H3;1-2H3/b10-9-;. The Bertz CT molecular complexity index is 883. The lowest BCUT2D eigenvalue weighted by atomic mass is 9.90. The Balaban J connectivity index is 0.00000204. The summed E-state index contributed by atoms with van der Waals surface area (Å²) in [5.41, 5.74) is 5.95. The summed E-state index contributed by atoms with van der Waals surface area (Å²) < 4.78 is 10.7. The van der Waals surface area contributed by atoms with Crippen LogP contribution in [0.5, 0.6) is 11.5 Å². The second kappa shape index (κ2) is 13.0. The average Bonchev–Trinajstić information content (AvgIpc) is 2.78. The molecule has 0 heterocycles. The second-order valence-electron chi connectivity index (χ2n) is 5.87. The van der Waals surface area contributed by atoms with Gasteiger partial charge in [0.2, 0.25) is 0 Å². The van der Waals surface area contributed by atoms with Crippen LogP contribution in [-0.2, 0) is 6.42 Å². The average molecular weight is 427 g/mol. The SMILES string of the molecule is C=Cc1ccc(OS)c(Cc2c(OS)ccc(C=C)c2/C=C\CC)c1C=C.CC. The first-order valence-corrected chi connectivity index (χ1v) is 10.4. The molecule has 0 N–H and O–H groups in total. The van der Waals surface area contributed by atoms with E-state index in [9.17, 15) is 0 Å². The van der Waals surface area contributed by atoms with Crippen LogP contribution in [0, 0.1) is 0 Å². The molecule has 2 rings (SSSR count). The maximum atomic E-state index is 5.36. The van der Waals surface area contributed by atoms with Crippen LogP contribution in [-0.4, -0.2) is 0 Å². The minimum atomic E-state index is 0.555. The molecule has 0 bridgehead atoms. The molecule has 0 aliphatic carbocycles. The molecular formula is C25H30O2S2. The van der Waals surface area contributed by atoms with Gasteiger partial charge in [0, 0.05) is 43.4 Å². The summed E-state index contributed by atoms with van der Waals surface area (Å²) in [6.07, 6.45) is 11.1. The number of thiol groups is 2. The van der Waals surface area contributed by atoms with Crippen LogP contribution in [0.4, 0.5) is 0 Å². The van der Waals surface area contributed by atoms with E-state index in [4.69, 9.17) is 8.37 Å². The number of benzene rings is 2. The Kier molecular flexibility index (Phi) is 11.1. The molecule has 0 radical (unpaired) electrons. The van der Waals surface area contributed by atoms with E-state index in [0.717, 1.165) is 39.8 Å². The summed E-state index contributed by atoms with van der Waals surface area (Å²) in [6.45, 7) is 17.9. The second-order valence-corrected chi connectivity index (χ2v) is 6.24. The van der Waals surface area contributed by atoms with Crippen LogP contribution in [0.25, 0.3) is 24.3 Å². The van der Waals surface area contributed by atoms with Gasteiger partial charge in [0.15, 0.2) is 0 Å². The van der Waals surface area contributed by atoms with Crippen molar-refractivity contribution in [3.8, 4) is 11.5 Å². The van der Waals surface area contributed by atoms with E-state index < -0.39 is 0 Å². The molecule has 0 atom stereocenters. The first kappa shape index (κ1) is 24.7. The van der Waals surface area contributed by atoms with Crippen molar-refractivity contribution >= 4 is 50.1 Å². The van der Waals surface area contributed by atoms with Crippen LogP contribution in [0.2, 0.25) is 0 Å². The zero-order valence-electron chi connectivity index (χ0n) is 17.4. The Morgan fingerprint density at radius 3 is 1.69 bits per heavy atom. The molecule has 0 unspecified atom stereocenters. The molecule has 29 heavy (non-hydrogen) atoms. The number of rotatable bonds is 9. The molecule has 4 heteroatoms. The highest BCUT2D eigenvalue weighted by molar-refractivity contribution is 7.75. The normalized spacial score (nSPS) is 10.1. The van der Waals surface area contributed by atoms with E-state index in [-0.39, 0.29) is 0 Å². The molecule has 0 saturated carbocycles. The summed E-state index contributed by atoms with van der Waals surface area (Å²) in [4.78, 5) is 0. The minimum Gasteiger partial charge on any atom is -0.429 e. The van der Waals surface area contributed by atoms with Crippen molar-refractivity contribution in [2.75, 3.05) is 0 Å². The zero-order chi connectivity index (χ0) is 21.8. The van der Waals surface area contributed by atoms with E-state index >= 15 is 0 Å². The summed E-state index contributed by atoms with van der Waals surface area (Å²) in [6, 6.07) is 7.69. The third kappa shape index (κ3) is 5.84. The summed E-state index contributed by atoms with van der Waals surface area (Å²) >= 11 is 8.08.